The van der Waals surface area contributed by atoms with Crippen LogP contribution in [0.1, 0.15) is 37.0 Å². The zero-order valence-corrected chi connectivity index (χ0v) is 14.1. The molecular formula is C16H28N4S. The number of guanidine groups is 1. The van der Waals surface area contributed by atoms with E-state index in [4.69, 9.17) is 0 Å². The Kier molecular flexibility index (Phi) is 7.03. The number of aliphatic imine (C=N–C) groups is 1. The van der Waals surface area contributed by atoms with Gasteiger partial charge in [0, 0.05) is 30.9 Å². The Morgan fingerprint density at radius 2 is 2.19 bits per heavy atom. The summed E-state index contributed by atoms with van der Waals surface area (Å²) < 4.78 is 0. The zero-order valence-electron chi connectivity index (χ0n) is 13.3. The molecule has 0 aliphatic carbocycles. The smallest absolute Gasteiger partial charge is 0.190 e. The van der Waals surface area contributed by atoms with Gasteiger partial charge in [0.2, 0.25) is 0 Å². The Bertz CT molecular complexity index is 410. The minimum absolute atomic E-state index is 0.521. The van der Waals surface area contributed by atoms with Crippen LogP contribution >= 0.6 is 11.3 Å². The Hall–Kier alpha value is -1.07. The van der Waals surface area contributed by atoms with Gasteiger partial charge in [0.15, 0.2) is 5.96 Å². The number of rotatable bonds is 7. The lowest BCUT2D eigenvalue weighted by Crippen LogP contribution is -2.40. The van der Waals surface area contributed by atoms with Crippen LogP contribution in [0.3, 0.4) is 0 Å². The Balaban J connectivity index is 1.59. The van der Waals surface area contributed by atoms with Crippen molar-refractivity contribution >= 4 is 17.3 Å². The average Bonchev–Trinajstić information content (AvgIpc) is 3.19. The predicted octanol–water partition coefficient (Wildman–Crippen LogP) is 2.50. The van der Waals surface area contributed by atoms with Crippen molar-refractivity contribution in [2.45, 2.75) is 32.1 Å². The molecule has 0 aromatic carbocycles. The highest BCUT2D eigenvalue weighted by Crippen LogP contribution is 2.19. The molecule has 1 atom stereocenters. The summed E-state index contributed by atoms with van der Waals surface area (Å²) in [7, 11) is 1.84. The molecule has 2 rings (SSSR count). The highest BCUT2D eigenvalue weighted by Gasteiger charge is 2.10. The van der Waals surface area contributed by atoms with Crippen LogP contribution in [-0.4, -0.2) is 50.6 Å². The first-order valence-electron chi connectivity index (χ1n) is 8.00. The first-order valence-corrected chi connectivity index (χ1v) is 8.88. The summed E-state index contributed by atoms with van der Waals surface area (Å²) in [5, 5.41) is 8.96. The molecular weight excluding hydrogens is 280 g/mol. The lowest BCUT2D eigenvalue weighted by Gasteiger charge is -2.17. The van der Waals surface area contributed by atoms with Crippen molar-refractivity contribution < 1.29 is 0 Å². The van der Waals surface area contributed by atoms with Gasteiger partial charge in [-0.05, 0) is 50.3 Å². The predicted molar refractivity (Wildman–Crippen MR) is 92.4 cm³/mol. The second-order valence-corrected chi connectivity index (χ2v) is 6.68. The van der Waals surface area contributed by atoms with Gasteiger partial charge in [-0.15, -0.1) is 11.3 Å². The second kappa shape index (κ2) is 9.05. The van der Waals surface area contributed by atoms with E-state index >= 15 is 0 Å². The standard InChI is InChI=1S/C16H28N4S/c1-14(15-7-5-12-21-15)13-19-16(17-2)18-8-6-11-20-9-3-4-10-20/h5,7,12,14H,3-4,6,8-11,13H2,1-2H3,(H2,17,18,19). The monoisotopic (exact) mass is 308 g/mol. The summed E-state index contributed by atoms with van der Waals surface area (Å²) in [6, 6.07) is 4.31. The van der Waals surface area contributed by atoms with E-state index in [9.17, 15) is 0 Å². The van der Waals surface area contributed by atoms with Gasteiger partial charge in [0.1, 0.15) is 0 Å². The number of hydrogen-bond donors (Lipinski definition) is 2. The zero-order chi connectivity index (χ0) is 14.9. The van der Waals surface area contributed by atoms with E-state index in [0.717, 1.165) is 19.0 Å². The first-order chi connectivity index (χ1) is 10.3. The molecule has 1 saturated heterocycles. The maximum atomic E-state index is 4.29. The van der Waals surface area contributed by atoms with Crippen LogP contribution in [0, 0.1) is 0 Å². The van der Waals surface area contributed by atoms with Crippen LogP contribution in [0.4, 0.5) is 0 Å². The molecule has 0 amide bonds. The van der Waals surface area contributed by atoms with E-state index < -0.39 is 0 Å². The van der Waals surface area contributed by atoms with Gasteiger partial charge >= 0.3 is 0 Å². The molecule has 2 heterocycles. The average molecular weight is 308 g/mol. The van der Waals surface area contributed by atoms with Crippen molar-refractivity contribution in [3.8, 4) is 0 Å². The molecule has 21 heavy (non-hydrogen) atoms. The van der Waals surface area contributed by atoms with Gasteiger partial charge in [0.05, 0.1) is 0 Å². The van der Waals surface area contributed by atoms with Crippen molar-refractivity contribution in [2.24, 2.45) is 4.99 Å². The SMILES string of the molecule is CN=C(NCCCN1CCCC1)NCC(C)c1cccs1. The quantitative estimate of drug-likeness (QED) is 0.462. The summed E-state index contributed by atoms with van der Waals surface area (Å²) >= 11 is 1.82. The molecule has 1 unspecified atom stereocenters. The summed E-state index contributed by atoms with van der Waals surface area (Å²) in [6.07, 6.45) is 3.93. The van der Waals surface area contributed by atoms with Crippen LogP contribution in [0.5, 0.6) is 0 Å². The van der Waals surface area contributed by atoms with Crippen LogP contribution in [0.15, 0.2) is 22.5 Å². The Morgan fingerprint density at radius 3 is 2.86 bits per heavy atom. The van der Waals surface area contributed by atoms with Gasteiger partial charge < -0.3 is 15.5 Å². The number of hydrogen-bond acceptors (Lipinski definition) is 3. The highest BCUT2D eigenvalue weighted by atomic mass is 32.1. The van der Waals surface area contributed by atoms with E-state index in [1.165, 1.54) is 43.8 Å². The van der Waals surface area contributed by atoms with E-state index in [1.54, 1.807) is 0 Å². The van der Waals surface area contributed by atoms with Crippen LogP contribution < -0.4 is 10.6 Å². The highest BCUT2D eigenvalue weighted by molar-refractivity contribution is 7.10. The molecule has 118 valence electrons. The third-order valence-electron chi connectivity index (χ3n) is 3.97. The van der Waals surface area contributed by atoms with E-state index in [2.05, 4.69) is 45.0 Å². The maximum Gasteiger partial charge on any atom is 0.190 e. The van der Waals surface area contributed by atoms with E-state index in [0.29, 0.717) is 5.92 Å². The molecule has 2 N–H and O–H groups in total. The van der Waals surface area contributed by atoms with Gasteiger partial charge in [-0.3, -0.25) is 4.99 Å². The van der Waals surface area contributed by atoms with Crippen molar-refractivity contribution in [3.05, 3.63) is 22.4 Å². The molecule has 1 aromatic rings. The minimum atomic E-state index is 0.521. The summed E-state index contributed by atoms with van der Waals surface area (Å²) in [5.74, 6) is 1.44. The molecule has 1 aliphatic heterocycles. The molecule has 1 fully saturated rings. The molecule has 5 heteroatoms. The van der Waals surface area contributed by atoms with Gasteiger partial charge in [-0.2, -0.15) is 0 Å². The summed E-state index contributed by atoms with van der Waals surface area (Å²) in [4.78, 5) is 8.27. The topological polar surface area (TPSA) is 39.7 Å². The largest absolute Gasteiger partial charge is 0.356 e. The van der Waals surface area contributed by atoms with Gasteiger partial charge in [-0.1, -0.05) is 13.0 Å². The number of thiophene rings is 1. The van der Waals surface area contributed by atoms with Crippen LogP contribution in [0.25, 0.3) is 0 Å². The van der Waals surface area contributed by atoms with Gasteiger partial charge in [-0.25, -0.2) is 0 Å². The van der Waals surface area contributed by atoms with Crippen molar-refractivity contribution in [1.82, 2.24) is 15.5 Å². The normalized spacial score (nSPS) is 17.9. The summed E-state index contributed by atoms with van der Waals surface area (Å²) in [5.41, 5.74) is 0. The first kappa shape index (κ1) is 16.3. The van der Waals surface area contributed by atoms with Gasteiger partial charge in [0.25, 0.3) is 0 Å². The Morgan fingerprint density at radius 1 is 1.38 bits per heavy atom. The lowest BCUT2D eigenvalue weighted by atomic mass is 10.1. The van der Waals surface area contributed by atoms with Crippen LogP contribution in [0.2, 0.25) is 0 Å². The van der Waals surface area contributed by atoms with Crippen molar-refractivity contribution in [3.63, 3.8) is 0 Å². The van der Waals surface area contributed by atoms with Crippen molar-refractivity contribution in [2.75, 3.05) is 39.8 Å². The molecule has 4 nitrogen and oxygen atoms in total. The molecule has 0 bridgehead atoms. The number of likely N-dealkylation sites (tertiary alicyclic amines) is 1. The van der Waals surface area contributed by atoms with Crippen molar-refractivity contribution in [1.29, 1.82) is 0 Å². The number of nitrogens with zero attached hydrogens (tertiary/aromatic N) is 2. The molecule has 1 aliphatic rings. The third-order valence-corrected chi connectivity index (χ3v) is 5.07. The molecule has 0 radical (unpaired) electrons. The maximum absolute atomic E-state index is 4.29. The molecule has 0 saturated carbocycles. The molecule has 0 spiro atoms. The minimum Gasteiger partial charge on any atom is -0.356 e. The lowest BCUT2D eigenvalue weighted by molar-refractivity contribution is 0.334. The molecule has 1 aromatic heterocycles. The fourth-order valence-corrected chi connectivity index (χ4v) is 3.45. The fourth-order valence-electron chi connectivity index (χ4n) is 2.66. The summed E-state index contributed by atoms with van der Waals surface area (Å²) in [6.45, 7) is 7.93. The van der Waals surface area contributed by atoms with Crippen LogP contribution in [-0.2, 0) is 0 Å². The third kappa shape index (κ3) is 5.67. The number of nitrogens with one attached hydrogen (secondary N) is 2. The Labute approximate surface area is 132 Å². The second-order valence-electron chi connectivity index (χ2n) is 5.70. The van der Waals surface area contributed by atoms with E-state index in [-0.39, 0.29) is 0 Å². The fraction of sp³-hybridized carbons (Fsp3) is 0.688. The van der Waals surface area contributed by atoms with E-state index in [1.807, 2.05) is 18.4 Å².